The number of aryl methyl sites for hydroxylation is 1. The number of urea groups is 1. The van der Waals surface area contributed by atoms with Gasteiger partial charge in [-0.25, -0.2) is 4.79 Å². The Labute approximate surface area is 187 Å². The first kappa shape index (κ1) is 24.2. The summed E-state index contributed by atoms with van der Waals surface area (Å²) in [5.41, 5.74) is -3.09. The second kappa shape index (κ2) is 8.81. The zero-order chi connectivity index (χ0) is 24.6. The van der Waals surface area contributed by atoms with E-state index in [-0.39, 0.29) is 28.4 Å². The van der Waals surface area contributed by atoms with Crippen LogP contribution in [0.2, 0.25) is 0 Å². The van der Waals surface area contributed by atoms with Crippen LogP contribution in [0.15, 0.2) is 36.4 Å². The van der Waals surface area contributed by atoms with Gasteiger partial charge in [0.05, 0.1) is 27.4 Å². The zero-order valence-electron chi connectivity index (χ0n) is 18.2. The quantitative estimate of drug-likeness (QED) is 0.563. The molecule has 8 nitrogen and oxygen atoms in total. The molecule has 0 unspecified atom stereocenters. The van der Waals surface area contributed by atoms with Gasteiger partial charge in [0.1, 0.15) is 5.92 Å². The van der Waals surface area contributed by atoms with E-state index in [0.717, 1.165) is 5.56 Å². The molecule has 0 radical (unpaired) electrons. The summed E-state index contributed by atoms with van der Waals surface area (Å²) in [4.78, 5) is 25.6. The van der Waals surface area contributed by atoms with E-state index in [1.165, 1.54) is 50.9 Å². The number of ether oxygens (including phenoxy) is 3. The van der Waals surface area contributed by atoms with Crippen molar-refractivity contribution in [1.82, 2.24) is 10.6 Å². The van der Waals surface area contributed by atoms with Gasteiger partial charge in [0, 0.05) is 5.56 Å². The Morgan fingerprint density at radius 1 is 1.03 bits per heavy atom. The van der Waals surface area contributed by atoms with E-state index >= 15 is 0 Å². The summed E-state index contributed by atoms with van der Waals surface area (Å²) in [6, 6.07) is 5.56. The van der Waals surface area contributed by atoms with Crippen molar-refractivity contribution in [3.05, 3.63) is 53.1 Å². The average molecular weight is 468 g/mol. The number of carbonyl (C=O) groups excluding carboxylic acids is 2. The van der Waals surface area contributed by atoms with Crippen molar-refractivity contribution >= 4 is 11.8 Å². The van der Waals surface area contributed by atoms with E-state index in [9.17, 15) is 27.9 Å². The van der Waals surface area contributed by atoms with Crippen LogP contribution >= 0.6 is 0 Å². The van der Waals surface area contributed by atoms with Crippen LogP contribution in [0.5, 0.6) is 17.2 Å². The van der Waals surface area contributed by atoms with Crippen molar-refractivity contribution in [2.45, 2.75) is 24.9 Å². The van der Waals surface area contributed by atoms with Gasteiger partial charge in [-0.1, -0.05) is 29.8 Å². The fourth-order valence-corrected chi connectivity index (χ4v) is 3.80. The highest BCUT2D eigenvalue weighted by Crippen LogP contribution is 2.47. The minimum absolute atomic E-state index is 0.0347. The molecule has 1 heterocycles. The van der Waals surface area contributed by atoms with Crippen LogP contribution < -0.4 is 24.8 Å². The predicted octanol–water partition coefficient (Wildman–Crippen LogP) is 3.12. The Morgan fingerprint density at radius 2 is 1.58 bits per heavy atom. The Morgan fingerprint density at radius 3 is 2.03 bits per heavy atom. The zero-order valence-corrected chi connectivity index (χ0v) is 18.2. The molecule has 2 aromatic rings. The molecule has 0 saturated carbocycles. The highest BCUT2D eigenvalue weighted by Gasteiger charge is 2.66. The molecule has 1 aliphatic heterocycles. The van der Waals surface area contributed by atoms with Gasteiger partial charge in [0.25, 0.3) is 0 Å². The van der Waals surface area contributed by atoms with Gasteiger partial charge < -0.3 is 30.0 Å². The maximum atomic E-state index is 14.1. The molecule has 33 heavy (non-hydrogen) atoms. The number of hydrogen-bond donors (Lipinski definition) is 3. The lowest BCUT2D eigenvalue weighted by Gasteiger charge is -2.45. The molecular formula is C22H23F3N2O6. The molecule has 0 spiro atoms. The number of hydrogen-bond acceptors (Lipinski definition) is 6. The second-order valence-corrected chi connectivity index (χ2v) is 7.51. The number of alkyl halides is 3. The Bertz CT molecular complexity index is 1030. The SMILES string of the molecule is COc1cc([C@H]2NC(=O)N[C@@](O)(C(F)(F)F)[C@@H]2C(=O)c2ccc(C)cc2)cc(OC)c1OC. The largest absolute Gasteiger partial charge is 0.493 e. The third-order valence-electron chi connectivity index (χ3n) is 5.47. The fourth-order valence-electron chi connectivity index (χ4n) is 3.80. The summed E-state index contributed by atoms with van der Waals surface area (Å²) >= 11 is 0. The number of aliphatic hydroxyl groups is 1. The number of Topliss-reactive ketones (excluding diaryl/α,β-unsaturated/α-hetero) is 1. The number of benzene rings is 2. The minimum atomic E-state index is -5.37. The van der Waals surface area contributed by atoms with Gasteiger partial charge in [-0.2, -0.15) is 13.2 Å². The van der Waals surface area contributed by atoms with E-state index in [1.807, 2.05) is 0 Å². The maximum absolute atomic E-state index is 14.1. The Kier molecular flexibility index (Phi) is 6.46. The van der Waals surface area contributed by atoms with E-state index in [1.54, 1.807) is 19.1 Å². The monoisotopic (exact) mass is 468 g/mol. The summed E-state index contributed by atoms with van der Waals surface area (Å²) in [6.07, 6.45) is -5.37. The molecular weight excluding hydrogens is 445 g/mol. The summed E-state index contributed by atoms with van der Waals surface area (Å²) in [5.74, 6) is -2.85. The standard InChI is InChI=1S/C22H23F3N2O6/c1-11-5-7-12(8-6-11)18(28)16-17(26-20(29)27-21(16,30)22(23,24)25)13-9-14(31-2)19(33-4)15(10-13)32-3/h5-10,16-17,30H,1-4H3,(H2,26,27,29)/t16-,17+,21-/m0/s1. The Hall–Kier alpha value is -3.47. The highest BCUT2D eigenvalue weighted by atomic mass is 19.4. The number of amides is 2. The normalized spacial score (nSPS) is 22.7. The number of nitrogens with one attached hydrogen (secondary N) is 2. The van der Waals surface area contributed by atoms with Crippen LogP contribution in [0.25, 0.3) is 0 Å². The van der Waals surface area contributed by atoms with Gasteiger partial charge >= 0.3 is 12.2 Å². The lowest BCUT2D eigenvalue weighted by Crippen LogP contribution is -2.72. The topological polar surface area (TPSA) is 106 Å². The van der Waals surface area contributed by atoms with E-state index in [0.29, 0.717) is 0 Å². The summed E-state index contributed by atoms with van der Waals surface area (Å²) in [7, 11) is 3.96. The number of halogens is 3. The molecule has 2 aromatic carbocycles. The average Bonchev–Trinajstić information content (AvgIpc) is 2.76. The van der Waals surface area contributed by atoms with Crippen LogP contribution in [-0.2, 0) is 0 Å². The second-order valence-electron chi connectivity index (χ2n) is 7.51. The molecule has 0 aliphatic carbocycles. The Balaban J connectivity index is 2.24. The molecule has 11 heteroatoms. The van der Waals surface area contributed by atoms with Gasteiger partial charge in [-0.3, -0.25) is 4.79 Å². The van der Waals surface area contributed by atoms with Crippen LogP contribution in [0.3, 0.4) is 0 Å². The third-order valence-corrected chi connectivity index (χ3v) is 5.47. The molecule has 0 bridgehead atoms. The van der Waals surface area contributed by atoms with Crippen LogP contribution in [0.4, 0.5) is 18.0 Å². The number of ketones is 1. The first-order valence-electron chi connectivity index (χ1n) is 9.75. The van der Waals surface area contributed by atoms with Gasteiger partial charge in [0.15, 0.2) is 17.3 Å². The number of carbonyl (C=O) groups is 2. The summed E-state index contributed by atoms with van der Waals surface area (Å²) in [6.45, 7) is 1.75. The molecule has 0 aromatic heterocycles. The third kappa shape index (κ3) is 4.28. The van der Waals surface area contributed by atoms with E-state index in [4.69, 9.17) is 14.2 Å². The van der Waals surface area contributed by atoms with Crippen molar-refractivity contribution < 1.29 is 42.1 Å². The molecule has 1 aliphatic rings. The predicted molar refractivity (Wildman–Crippen MR) is 111 cm³/mol. The van der Waals surface area contributed by atoms with E-state index in [2.05, 4.69) is 5.32 Å². The number of methoxy groups -OCH3 is 3. The molecule has 1 fully saturated rings. The van der Waals surface area contributed by atoms with Crippen molar-refractivity contribution in [2.24, 2.45) is 5.92 Å². The lowest BCUT2D eigenvalue weighted by atomic mass is 9.77. The van der Waals surface area contributed by atoms with Crippen molar-refractivity contribution in [3.8, 4) is 17.2 Å². The molecule has 1 saturated heterocycles. The summed E-state index contributed by atoms with van der Waals surface area (Å²) < 4.78 is 57.9. The fraction of sp³-hybridized carbons (Fsp3) is 0.364. The first-order chi connectivity index (χ1) is 15.5. The molecule has 178 valence electrons. The van der Waals surface area contributed by atoms with Gasteiger partial charge in [0.2, 0.25) is 11.5 Å². The minimum Gasteiger partial charge on any atom is -0.493 e. The smallest absolute Gasteiger partial charge is 0.437 e. The highest BCUT2D eigenvalue weighted by molar-refractivity contribution is 6.00. The van der Waals surface area contributed by atoms with Crippen molar-refractivity contribution in [1.29, 1.82) is 0 Å². The van der Waals surface area contributed by atoms with Crippen LogP contribution in [-0.4, -0.2) is 50.2 Å². The maximum Gasteiger partial charge on any atom is 0.437 e. The first-order valence-corrected chi connectivity index (χ1v) is 9.75. The van der Waals surface area contributed by atoms with Crippen molar-refractivity contribution in [3.63, 3.8) is 0 Å². The van der Waals surface area contributed by atoms with Crippen LogP contribution in [0.1, 0.15) is 27.5 Å². The van der Waals surface area contributed by atoms with Gasteiger partial charge in [-0.05, 0) is 24.6 Å². The number of rotatable bonds is 6. The van der Waals surface area contributed by atoms with E-state index < -0.39 is 35.7 Å². The lowest BCUT2D eigenvalue weighted by molar-refractivity contribution is -0.287. The molecule has 3 rings (SSSR count). The van der Waals surface area contributed by atoms with Crippen molar-refractivity contribution in [2.75, 3.05) is 21.3 Å². The molecule has 3 atom stereocenters. The molecule has 2 amide bonds. The molecule has 3 N–H and O–H groups in total. The summed E-state index contributed by atoms with van der Waals surface area (Å²) in [5, 5.41) is 14.5. The van der Waals surface area contributed by atoms with Crippen LogP contribution in [0, 0.1) is 12.8 Å². The van der Waals surface area contributed by atoms with Gasteiger partial charge in [-0.15, -0.1) is 0 Å².